The topological polar surface area (TPSA) is 43.1 Å². The maximum Gasteiger partial charge on any atom is 0.244 e. The molecule has 0 unspecified atom stereocenters. The highest BCUT2D eigenvalue weighted by Gasteiger charge is 2.00. The molecule has 0 bridgehead atoms. The van der Waals surface area contributed by atoms with Crippen LogP contribution in [-0.2, 0) is 11.2 Å². The molecule has 0 saturated carbocycles. The van der Waals surface area contributed by atoms with Crippen molar-refractivity contribution in [1.29, 1.82) is 0 Å². The molecule has 2 aromatic carbocycles. The summed E-state index contributed by atoms with van der Waals surface area (Å²) >= 11 is 0. The van der Waals surface area contributed by atoms with E-state index in [4.69, 9.17) is 5.73 Å². The average molecular weight is 239 g/mol. The first-order valence-corrected chi connectivity index (χ1v) is 6.11. The smallest absolute Gasteiger partial charge is 0.244 e. The summed E-state index contributed by atoms with van der Waals surface area (Å²) in [5.74, 6) is -0.340. The van der Waals surface area contributed by atoms with Crippen LogP contribution in [0.15, 0.2) is 54.1 Å². The van der Waals surface area contributed by atoms with Crippen LogP contribution in [0.2, 0.25) is 0 Å². The molecule has 0 atom stereocenters. The van der Waals surface area contributed by atoms with Crippen molar-refractivity contribution in [3.8, 4) is 0 Å². The Labute approximate surface area is 107 Å². The molecule has 92 valence electrons. The molecular formula is C16H17NO. The van der Waals surface area contributed by atoms with Crippen LogP contribution in [-0.4, -0.2) is 5.91 Å². The van der Waals surface area contributed by atoms with Crippen molar-refractivity contribution in [2.45, 2.75) is 19.8 Å². The summed E-state index contributed by atoms with van der Waals surface area (Å²) in [5.41, 5.74) is 7.14. The lowest BCUT2D eigenvalue weighted by Gasteiger charge is -2.05. The van der Waals surface area contributed by atoms with E-state index in [9.17, 15) is 4.79 Å². The molecule has 2 N–H and O–H groups in total. The number of benzene rings is 2. The van der Waals surface area contributed by atoms with E-state index >= 15 is 0 Å². The van der Waals surface area contributed by atoms with Gasteiger partial charge in [-0.15, -0.1) is 0 Å². The van der Waals surface area contributed by atoms with Crippen LogP contribution < -0.4 is 5.73 Å². The van der Waals surface area contributed by atoms with Gasteiger partial charge < -0.3 is 5.73 Å². The summed E-state index contributed by atoms with van der Waals surface area (Å²) in [7, 11) is 0. The van der Waals surface area contributed by atoms with Crippen LogP contribution in [0.4, 0.5) is 0 Å². The Kier molecular flexibility index (Phi) is 3.78. The lowest BCUT2D eigenvalue weighted by atomic mass is 10.0. The standard InChI is InChI=1S/C16H17NO/c1-12(16(17)18)6-4-8-14-10-5-9-13-7-2-3-11-15(13)14/h2-3,5-7,9-11H,4,8H2,1H3,(H2,17,18). The Balaban J connectivity index is 2.18. The molecule has 0 saturated heterocycles. The van der Waals surface area contributed by atoms with Gasteiger partial charge in [-0.25, -0.2) is 0 Å². The first-order chi connectivity index (χ1) is 8.68. The average Bonchev–Trinajstić information content (AvgIpc) is 2.38. The van der Waals surface area contributed by atoms with Gasteiger partial charge in [-0.2, -0.15) is 0 Å². The Hall–Kier alpha value is -2.09. The molecule has 0 aliphatic carbocycles. The maximum absolute atomic E-state index is 10.9. The van der Waals surface area contributed by atoms with Gasteiger partial charge in [-0.1, -0.05) is 48.5 Å². The SMILES string of the molecule is CC(=CCCc1cccc2ccccc12)C(N)=O. The van der Waals surface area contributed by atoms with Gasteiger partial charge in [0.1, 0.15) is 0 Å². The van der Waals surface area contributed by atoms with Crippen molar-refractivity contribution in [1.82, 2.24) is 0 Å². The number of hydrogen-bond acceptors (Lipinski definition) is 1. The van der Waals surface area contributed by atoms with E-state index in [0.717, 1.165) is 12.8 Å². The van der Waals surface area contributed by atoms with E-state index in [-0.39, 0.29) is 5.91 Å². The molecule has 0 fully saturated rings. The van der Waals surface area contributed by atoms with E-state index in [1.807, 2.05) is 12.1 Å². The van der Waals surface area contributed by atoms with Crippen LogP contribution in [0.3, 0.4) is 0 Å². The van der Waals surface area contributed by atoms with E-state index in [1.165, 1.54) is 16.3 Å². The zero-order valence-corrected chi connectivity index (χ0v) is 10.5. The lowest BCUT2D eigenvalue weighted by Crippen LogP contribution is -2.11. The van der Waals surface area contributed by atoms with Crippen molar-refractivity contribution in [2.75, 3.05) is 0 Å². The van der Waals surface area contributed by atoms with Crippen LogP contribution in [0, 0.1) is 0 Å². The summed E-state index contributed by atoms with van der Waals surface area (Å²) in [4.78, 5) is 10.9. The number of primary amides is 1. The molecule has 0 aromatic heterocycles. The van der Waals surface area contributed by atoms with Gasteiger partial charge in [0.05, 0.1) is 0 Å². The predicted molar refractivity (Wildman–Crippen MR) is 75.2 cm³/mol. The number of carbonyl (C=O) groups excluding carboxylic acids is 1. The van der Waals surface area contributed by atoms with Crippen LogP contribution in [0.25, 0.3) is 10.8 Å². The van der Waals surface area contributed by atoms with Gasteiger partial charge in [0, 0.05) is 5.57 Å². The minimum Gasteiger partial charge on any atom is -0.366 e. The Bertz CT molecular complexity index is 594. The molecule has 0 aliphatic rings. The van der Waals surface area contributed by atoms with Crippen molar-refractivity contribution in [3.05, 3.63) is 59.7 Å². The molecule has 0 aliphatic heterocycles. The Morgan fingerprint density at radius 3 is 2.67 bits per heavy atom. The van der Waals surface area contributed by atoms with Crippen molar-refractivity contribution < 1.29 is 4.79 Å². The molecule has 2 nitrogen and oxygen atoms in total. The quantitative estimate of drug-likeness (QED) is 0.818. The zero-order valence-electron chi connectivity index (χ0n) is 10.5. The van der Waals surface area contributed by atoms with Gasteiger partial charge in [0.2, 0.25) is 5.91 Å². The normalized spacial score (nSPS) is 11.7. The number of nitrogens with two attached hydrogens (primary N) is 1. The third-order valence-corrected chi connectivity index (χ3v) is 3.13. The van der Waals surface area contributed by atoms with Gasteiger partial charge in [0.25, 0.3) is 0 Å². The highest BCUT2D eigenvalue weighted by molar-refractivity contribution is 5.91. The lowest BCUT2D eigenvalue weighted by molar-refractivity contribution is -0.114. The molecule has 0 heterocycles. The highest BCUT2D eigenvalue weighted by Crippen LogP contribution is 2.19. The third kappa shape index (κ3) is 2.77. The second-order valence-corrected chi connectivity index (χ2v) is 4.43. The minimum atomic E-state index is -0.340. The molecule has 2 aromatic rings. The summed E-state index contributed by atoms with van der Waals surface area (Å²) in [6.07, 6.45) is 3.67. The molecule has 1 amide bonds. The molecule has 0 spiro atoms. The van der Waals surface area contributed by atoms with Crippen molar-refractivity contribution in [2.24, 2.45) is 5.73 Å². The molecule has 18 heavy (non-hydrogen) atoms. The monoisotopic (exact) mass is 239 g/mol. The van der Waals surface area contributed by atoms with Gasteiger partial charge in [-0.3, -0.25) is 4.79 Å². The number of amides is 1. The van der Waals surface area contributed by atoms with Crippen molar-refractivity contribution >= 4 is 16.7 Å². The minimum absolute atomic E-state index is 0.340. The highest BCUT2D eigenvalue weighted by atomic mass is 16.1. The van der Waals surface area contributed by atoms with Gasteiger partial charge in [0.15, 0.2) is 0 Å². The number of carbonyl (C=O) groups is 1. The summed E-state index contributed by atoms with van der Waals surface area (Å²) < 4.78 is 0. The zero-order chi connectivity index (χ0) is 13.0. The summed E-state index contributed by atoms with van der Waals surface area (Å²) in [6.45, 7) is 1.76. The summed E-state index contributed by atoms with van der Waals surface area (Å²) in [6, 6.07) is 14.7. The van der Waals surface area contributed by atoms with E-state index in [0.29, 0.717) is 5.57 Å². The van der Waals surface area contributed by atoms with Gasteiger partial charge in [-0.05, 0) is 36.1 Å². The number of allylic oxidation sites excluding steroid dienone is 1. The third-order valence-electron chi connectivity index (χ3n) is 3.13. The maximum atomic E-state index is 10.9. The predicted octanol–water partition coefficient (Wildman–Crippen LogP) is 3.20. The second-order valence-electron chi connectivity index (χ2n) is 4.43. The molecule has 2 heteroatoms. The number of fused-ring (bicyclic) bond motifs is 1. The summed E-state index contributed by atoms with van der Waals surface area (Å²) in [5, 5.41) is 2.54. The second kappa shape index (κ2) is 5.50. The fourth-order valence-electron chi connectivity index (χ4n) is 2.06. The van der Waals surface area contributed by atoms with Gasteiger partial charge >= 0.3 is 0 Å². The number of aryl methyl sites for hydroxylation is 1. The van der Waals surface area contributed by atoms with Crippen LogP contribution in [0.5, 0.6) is 0 Å². The Morgan fingerprint density at radius 1 is 1.17 bits per heavy atom. The van der Waals surface area contributed by atoms with Crippen LogP contribution >= 0.6 is 0 Å². The van der Waals surface area contributed by atoms with E-state index in [2.05, 4.69) is 36.4 Å². The largest absolute Gasteiger partial charge is 0.366 e. The number of rotatable bonds is 4. The molecular weight excluding hydrogens is 222 g/mol. The first-order valence-electron chi connectivity index (χ1n) is 6.11. The molecule has 2 rings (SSSR count). The fourth-order valence-corrected chi connectivity index (χ4v) is 2.06. The van der Waals surface area contributed by atoms with Crippen LogP contribution in [0.1, 0.15) is 18.9 Å². The van der Waals surface area contributed by atoms with E-state index in [1.54, 1.807) is 6.92 Å². The van der Waals surface area contributed by atoms with Crippen molar-refractivity contribution in [3.63, 3.8) is 0 Å². The molecule has 0 radical (unpaired) electrons. The fraction of sp³-hybridized carbons (Fsp3) is 0.188. The Morgan fingerprint density at radius 2 is 1.89 bits per heavy atom. The number of hydrogen-bond donors (Lipinski definition) is 1. The van der Waals surface area contributed by atoms with E-state index < -0.39 is 0 Å². The first kappa shape index (κ1) is 12.4.